The molecular weight excluding hydrogens is 268 g/mol. The number of benzene rings is 1. The molecule has 3 N–H and O–H groups in total. The van der Waals surface area contributed by atoms with Crippen LogP contribution in [0.4, 0.5) is 0 Å². The predicted octanol–water partition coefficient (Wildman–Crippen LogP) is 1.43. The number of aromatic carboxylic acids is 1. The van der Waals surface area contributed by atoms with Gasteiger partial charge in [0, 0.05) is 13.0 Å². The van der Waals surface area contributed by atoms with Gasteiger partial charge >= 0.3 is 5.97 Å². The Balaban J connectivity index is 1.71. The van der Waals surface area contributed by atoms with Crippen LogP contribution in [0.15, 0.2) is 24.3 Å². The topological polar surface area (TPSA) is 78.4 Å². The normalized spacial score (nSPS) is 17.6. The van der Waals surface area contributed by atoms with Gasteiger partial charge in [0.25, 0.3) is 0 Å². The molecule has 0 bridgehead atoms. The van der Waals surface area contributed by atoms with Crippen molar-refractivity contribution < 1.29 is 14.7 Å². The van der Waals surface area contributed by atoms with E-state index >= 15 is 0 Å². The first-order valence-corrected chi connectivity index (χ1v) is 7.45. The number of amides is 1. The van der Waals surface area contributed by atoms with Crippen LogP contribution >= 0.6 is 0 Å². The van der Waals surface area contributed by atoms with Crippen molar-refractivity contribution in [3.63, 3.8) is 0 Å². The van der Waals surface area contributed by atoms with E-state index in [0.29, 0.717) is 30.9 Å². The van der Waals surface area contributed by atoms with Crippen molar-refractivity contribution in [1.29, 1.82) is 0 Å². The van der Waals surface area contributed by atoms with E-state index in [-0.39, 0.29) is 5.91 Å². The Hall–Kier alpha value is -1.88. The molecule has 5 nitrogen and oxygen atoms in total. The summed E-state index contributed by atoms with van der Waals surface area (Å²) in [6.45, 7) is 2.55. The molecule has 21 heavy (non-hydrogen) atoms. The van der Waals surface area contributed by atoms with E-state index in [1.165, 1.54) is 0 Å². The molecule has 1 aliphatic heterocycles. The largest absolute Gasteiger partial charge is 0.478 e. The summed E-state index contributed by atoms with van der Waals surface area (Å²) < 4.78 is 0. The van der Waals surface area contributed by atoms with Gasteiger partial charge in [0.05, 0.1) is 5.56 Å². The fourth-order valence-corrected chi connectivity index (χ4v) is 2.67. The quantitative estimate of drug-likeness (QED) is 0.710. The van der Waals surface area contributed by atoms with E-state index in [1.807, 2.05) is 6.07 Å². The van der Waals surface area contributed by atoms with Crippen molar-refractivity contribution in [1.82, 2.24) is 10.6 Å². The van der Waals surface area contributed by atoms with Crippen molar-refractivity contribution in [3.05, 3.63) is 35.4 Å². The number of rotatable bonds is 7. The second-order valence-electron chi connectivity index (χ2n) is 5.46. The standard InChI is InChI=1S/C16H22N2O3/c19-15(6-5-12-7-9-17-11-12)18-10-8-13-3-1-2-4-14(13)16(20)21/h1-4,12,17H,5-11H2,(H,18,19)(H,20,21). The third kappa shape index (κ3) is 4.86. The Kier molecular flexibility index (Phi) is 5.75. The molecule has 1 saturated heterocycles. The minimum absolute atomic E-state index is 0.0507. The summed E-state index contributed by atoms with van der Waals surface area (Å²) in [5.74, 6) is -0.260. The third-order valence-corrected chi connectivity index (χ3v) is 3.91. The van der Waals surface area contributed by atoms with Crippen LogP contribution in [0.3, 0.4) is 0 Å². The van der Waals surface area contributed by atoms with Gasteiger partial charge in [-0.1, -0.05) is 18.2 Å². The Morgan fingerprint density at radius 2 is 2.14 bits per heavy atom. The minimum atomic E-state index is -0.925. The molecule has 1 amide bonds. The van der Waals surface area contributed by atoms with E-state index in [4.69, 9.17) is 5.11 Å². The lowest BCUT2D eigenvalue weighted by atomic mass is 10.0. The summed E-state index contributed by atoms with van der Waals surface area (Å²) in [6.07, 6.45) is 3.16. The van der Waals surface area contributed by atoms with E-state index < -0.39 is 5.97 Å². The molecule has 0 aliphatic carbocycles. The molecular formula is C16H22N2O3. The van der Waals surface area contributed by atoms with Gasteiger partial charge in [-0.3, -0.25) is 4.79 Å². The van der Waals surface area contributed by atoms with Gasteiger partial charge in [0.2, 0.25) is 5.91 Å². The molecule has 1 aromatic carbocycles. The van der Waals surface area contributed by atoms with Gasteiger partial charge in [-0.25, -0.2) is 4.79 Å². The number of hydrogen-bond donors (Lipinski definition) is 3. The highest BCUT2D eigenvalue weighted by Crippen LogP contribution is 2.14. The molecule has 0 aromatic heterocycles. The minimum Gasteiger partial charge on any atom is -0.478 e. The average Bonchev–Trinajstić information content (AvgIpc) is 2.99. The smallest absolute Gasteiger partial charge is 0.335 e. The maximum atomic E-state index is 11.8. The Bertz CT molecular complexity index is 496. The predicted molar refractivity (Wildman–Crippen MR) is 80.3 cm³/mol. The number of carboxylic acids is 1. The van der Waals surface area contributed by atoms with Crippen LogP contribution in [-0.4, -0.2) is 36.6 Å². The molecule has 114 valence electrons. The summed E-state index contributed by atoms with van der Waals surface area (Å²) in [5, 5.41) is 15.2. The van der Waals surface area contributed by atoms with Crippen molar-refractivity contribution >= 4 is 11.9 Å². The SMILES string of the molecule is O=C(CCC1CCNC1)NCCc1ccccc1C(=O)O. The highest BCUT2D eigenvalue weighted by Gasteiger charge is 2.15. The lowest BCUT2D eigenvalue weighted by molar-refractivity contribution is -0.121. The lowest BCUT2D eigenvalue weighted by Crippen LogP contribution is -2.26. The molecule has 1 atom stereocenters. The molecule has 1 heterocycles. The average molecular weight is 290 g/mol. The molecule has 0 saturated carbocycles. The van der Waals surface area contributed by atoms with Gasteiger partial charge in [0.15, 0.2) is 0 Å². The maximum Gasteiger partial charge on any atom is 0.335 e. The molecule has 1 aliphatic rings. The van der Waals surface area contributed by atoms with Gasteiger partial charge in [0.1, 0.15) is 0 Å². The zero-order chi connectivity index (χ0) is 15.1. The molecule has 1 fully saturated rings. The van der Waals surface area contributed by atoms with Crippen molar-refractivity contribution in [2.75, 3.05) is 19.6 Å². The number of hydrogen-bond acceptors (Lipinski definition) is 3. The summed E-state index contributed by atoms with van der Waals surface area (Å²) in [5.41, 5.74) is 1.06. The molecule has 0 spiro atoms. The van der Waals surface area contributed by atoms with Crippen molar-refractivity contribution in [2.45, 2.75) is 25.7 Å². The molecule has 1 aromatic rings. The van der Waals surface area contributed by atoms with Crippen LogP contribution in [0.1, 0.15) is 35.2 Å². The third-order valence-electron chi connectivity index (χ3n) is 3.91. The summed E-state index contributed by atoms with van der Waals surface area (Å²) in [7, 11) is 0. The number of carbonyl (C=O) groups is 2. The number of carbonyl (C=O) groups excluding carboxylic acids is 1. The summed E-state index contributed by atoms with van der Waals surface area (Å²) in [6, 6.07) is 6.91. The van der Waals surface area contributed by atoms with E-state index in [1.54, 1.807) is 18.2 Å². The van der Waals surface area contributed by atoms with E-state index in [9.17, 15) is 9.59 Å². The highest BCUT2D eigenvalue weighted by atomic mass is 16.4. The Morgan fingerprint density at radius 3 is 2.86 bits per heavy atom. The Labute approximate surface area is 124 Å². The second-order valence-corrected chi connectivity index (χ2v) is 5.46. The maximum absolute atomic E-state index is 11.8. The van der Waals surface area contributed by atoms with Gasteiger partial charge in [-0.05, 0) is 49.9 Å². The van der Waals surface area contributed by atoms with Crippen molar-refractivity contribution in [2.24, 2.45) is 5.92 Å². The van der Waals surface area contributed by atoms with Crippen LogP contribution in [0.2, 0.25) is 0 Å². The second kappa shape index (κ2) is 7.78. The fourth-order valence-electron chi connectivity index (χ4n) is 2.67. The van der Waals surface area contributed by atoms with Crippen LogP contribution in [0.5, 0.6) is 0 Å². The van der Waals surface area contributed by atoms with Gasteiger partial charge < -0.3 is 15.7 Å². The first-order chi connectivity index (χ1) is 10.2. The van der Waals surface area contributed by atoms with Crippen LogP contribution in [0, 0.1) is 5.92 Å². The molecule has 0 radical (unpaired) electrons. The van der Waals surface area contributed by atoms with Crippen LogP contribution < -0.4 is 10.6 Å². The van der Waals surface area contributed by atoms with E-state index in [2.05, 4.69) is 10.6 Å². The monoisotopic (exact) mass is 290 g/mol. The fraction of sp³-hybridized carbons (Fsp3) is 0.500. The highest BCUT2D eigenvalue weighted by molar-refractivity contribution is 5.89. The molecule has 1 unspecified atom stereocenters. The first kappa shape index (κ1) is 15.5. The summed E-state index contributed by atoms with van der Waals surface area (Å²) in [4.78, 5) is 22.8. The number of nitrogens with one attached hydrogen (secondary N) is 2. The van der Waals surface area contributed by atoms with E-state index in [0.717, 1.165) is 31.5 Å². The first-order valence-electron chi connectivity index (χ1n) is 7.45. The van der Waals surface area contributed by atoms with Gasteiger partial charge in [-0.15, -0.1) is 0 Å². The zero-order valence-corrected chi connectivity index (χ0v) is 12.1. The lowest BCUT2D eigenvalue weighted by Gasteiger charge is -2.09. The Morgan fingerprint density at radius 1 is 1.33 bits per heavy atom. The molecule has 5 heteroatoms. The zero-order valence-electron chi connectivity index (χ0n) is 12.1. The summed E-state index contributed by atoms with van der Waals surface area (Å²) >= 11 is 0. The van der Waals surface area contributed by atoms with Crippen LogP contribution in [-0.2, 0) is 11.2 Å². The van der Waals surface area contributed by atoms with Crippen LogP contribution in [0.25, 0.3) is 0 Å². The number of carboxylic acid groups (broad SMARTS) is 1. The molecule has 2 rings (SSSR count). The van der Waals surface area contributed by atoms with Gasteiger partial charge in [-0.2, -0.15) is 0 Å². The van der Waals surface area contributed by atoms with Crippen molar-refractivity contribution in [3.8, 4) is 0 Å².